The van der Waals surface area contributed by atoms with Crippen LogP contribution in [-0.2, 0) is 4.57 Å². The highest BCUT2D eigenvalue weighted by Gasteiger charge is 2.39. The SMILES string of the molecule is Cc1cccc(C)c1P(=O)(c1c(C)cccc1C)N1CCNCC1. The first-order chi connectivity index (χ1) is 11.5. The molecule has 0 atom stereocenters. The minimum Gasteiger partial charge on any atom is -0.314 e. The van der Waals surface area contributed by atoms with E-state index in [1.807, 2.05) is 0 Å². The summed E-state index contributed by atoms with van der Waals surface area (Å²) in [5, 5.41) is 5.45. The van der Waals surface area contributed by atoms with Crippen molar-refractivity contribution in [3.8, 4) is 0 Å². The maximum Gasteiger partial charge on any atom is 0.208 e. The van der Waals surface area contributed by atoms with Crippen molar-refractivity contribution < 1.29 is 4.57 Å². The highest BCUT2D eigenvalue weighted by molar-refractivity contribution is 7.77. The van der Waals surface area contributed by atoms with Gasteiger partial charge in [0.25, 0.3) is 0 Å². The second-order valence-corrected chi connectivity index (χ2v) is 9.37. The summed E-state index contributed by atoms with van der Waals surface area (Å²) in [6.07, 6.45) is 0. The molecule has 1 aliphatic heterocycles. The molecule has 4 heteroatoms. The van der Waals surface area contributed by atoms with Crippen molar-refractivity contribution in [2.24, 2.45) is 0 Å². The van der Waals surface area contributed by atoms with E-state index < -0.39 is 7.29 Å². The van der Waals surface area contributed by atoms with E-state index in [4.69, 9.17) is 0 Å². The minimum absolute atomic E-state index is 0.818. The normalized spacial score (nSPS) is 16.3. The molecule has 2 aromatic rings. The topological polar surface area (TPSA) is 32.3 Å². The molecule has 1 fully saturated rings. The average molecular weight is 342 g/mol. The molecule has 0 aromatic heterocycles. The molecular formula is C20H27N2OP. The van der Waals surface area contributed by atoms with Crippen molar-refractivity contribution in [3.05, 3.63) is 58.7 Å². The summed E-state index contributed by atoms with van der Waals surface area (Å²) in [6.45, 7) is 11.8. The van der Waals surface area contributed by atoms with E-state index in [0.717, 1.165) is 59.0 Å². The van der Waals surface area contributed by atoms with Crippen LogP contribution in [0.4, 0.5) is 0 Å². The summed E-state index contributed by atoms with van der Waals surface area (Å²) >= 11 is 0. The Morgan fingerprint density at radius 3 is 1.54 bits per heavy atom. The van der Waals surface area contributed by atoms with Gasteiger partial charge in [-0.2, -0.15) is 0 Å². The van der Waals surface area contributed by atoms with Crippen LogP contribution in [0.5, 0.6) is 0 Å². The van der Waals surface area contributed by atoms with Gasteiger partial charge in [-0.25, -0.2) is 4.67 Å². The summed E-state index contributed by atoms with van der Waals surface area (Å²) in [7, 11) is -2.86. The molecule has 1 N–H and O–H groups in total. The molecule has 0 bridgehead atoms. The van der Waals surface area contributed by atoms with Crippen molar-refractivity contribution in [1.29, 1.82) is 0 Å². The number of rotatable bonds is 3. The second kappa shape index (κ2) is 6.84. The standard InChI is InChI=1S/C20H27N2OP/c1-15-7-5-8-16(2)19(15)24(23,22-13-11-21-12-14-22)20-17(3)9-6-10-18(20)4/h5-10,21H,11-14H2,1-4H3. The molecule has 3 rings (SSSR count). The Hall–Kier alpha value is -1.41. The third kappa shape index (κ3) is 2.86. The van der Waals surface area contributed by atoms with Crippen molar-refractivity contribution in [2.75, 3.05) is 26.2 Å². The smallest absolute Gasteiger partial charge is 0.208 e. The Kier molecular flexibility index (Phi) is 4.96. The van der Waals surface area contributed by atoms with Gasteiger partial charge < -0.3 is 5.32 Å². The van der Waals surface area contributed by atoms with Crippen LogP contribution in [0.2, 0.25) is 0 Å². The number of aryl methyl sites for hydroxylation is 4. The molecule has 0 amide bonds. The molecule has 0 unspecified atom stereocenters. The molecular weight excluding hydrogens is 315 g/mol. The van der Waals surface area contributed by atoms with Crippen LogP contribution in [0, 0.1) is 27.7 Å². The van der Waals surface area contributed by atoms with Gasteiger partial charge in [0.05, 0.1) is 0 Å². The summed E-state index contributed by atoms with van der Waals surface area (Å²) in [6, 6.07) is 12.5. The fourth-order valence-corrected chi connectivity index (χ4v) is 7.66. The van der Waals surface area contributed by atoms with Crippen LogP contribution < -0.4 is 15.9 Å². The maximum absolute atomic E-state index is 14.8. The van der Waals surface area contributed by atoms with E-state index >= 15 is 0 Å². The van der Waals surface area contributed by atoms with Gasteiger partial charge in [-0.1, -0.05) is 36.4 Å². The maximum atomic E-state index is 14.8. The molecule has 1 saturated heterocycles. The molecule has 0 aliphatic carbocycles. The first-order valence-electron chi connectivity index (χ1n) is 8.66. The zero-order valence-corrected chi connectivity index (χ0v) is 16.0. The lowest BCUT2D eigenvalue weighted by atomic mass is 10.1. The van der Waals surface area contributed by atoms with Gasteiger partial charge in [-0.05, 0) is 49.9 Å². The first kappa shape index (κ1) is 17.4. The molecule has 0 spiro atoms. The fraction of sp³-hybridized carbons (Fsp3) is 0.400. The number of benzene rings is 2. The molecule has 2 aromatic carbocycles. The lowest BCUT2D eigenvalue weighted by Gasteiger charge is -2.38. The van der Waals surface area contributed by atoms with Crippen LogP contribution in [0.3, 0.4) is 0 Å². The van der Waals surface area contributed by atoms with Gasteiger partial charge in [0.1, 0.15) is 0 Å². The molecule has 24 heavy (non-hydrogen) atoms. The van der Waals surface area contributed by atoms with Crippen LogP contribution >= 0.6 is 7.29 Å². The number of piperazine rings is 1. The largest absolute Gasteiger partial charge is 0.314 e. The van der Waals surface area contributed by atoms with E-state index in [0.29, 0.717) is 0 Å². The molecule has 0 radical (unpaired) electrons. The predicted molar refractivity (Wildman–Crippen MR) is 103 cm³/mol. The van der Waals surface area contributed by atoms with Gasteiger partial charge >= 0.3 is 0 Å². The lowest BCUT2D eigenvalue weighted by molar-refractivity contribution is 0.366. The van der Waals surface area contributed by atoms with E-state index in [2.05, 4.69) is 74.1 Å². The summed E-state index contributed by atoms with van der Waals surface area (Å²) in [5.41, 5.74) is 4.50. The Balaban J connectivity index is 2.32. The zero-order chi connectivity index (χ0) is 17.3. The van der Waals surface area contributed by atoms with Crippen LogP contribution in [0.25, 0.3) is 0 Å². The zero-order valence-electron chi connectivity index (χ0n) is 15.1. The van der Waals surface area contributed by atoms with E-state index in [9.17, 15) is 4.57 Å². The molecule has 1 aliphatic rings. The Morgan fingerprint density at radius 2 is 1.17 bits per heavy atom. The average Bonchev–Trinajstić information content (AvgIpc) is 2.55. The monoisotopic (exact) mass is 342 g/mol. The molecule has 1 heterocycles. The van der Waals surface area contributed by atoms with Gasteiger partial charge in [0.15, 0.2) is 0 Å². The first-order valence-corrected chi connectivity index (χ1v) is 10.3. The van der Waals surface area contributed by atoms with Crippen molar-refractivity contribution in [3.63, 3.8) is 0 Å². The van der Waals surface area contributed by atoms with Gasteiger partial charge in [0, 0.05) is 36.8 Å². The van der Waals surface area contributed by atoms with E-state index in [1.165, 1.54) is 0 Å². The number of hydrogen-bond acceptors (Lipinski definition) is 2. The Labute approximate surface area is 145 Å². The summed E-state index contributed by atoms with van der Waals surface area (Å²) < 4.78 is 17.0. The minimum atomic E-state index is -2.86. The molecule has 0 saturated carbocycles. The number of nitrogens with zero attached hydrogens (tertiary/aromatic N) is 1. The highest BCUT2D eigenvalue weighted by atomic mass is 31.2. The Morgan fingerprint density at radius 1 is 0.792 bits per heavy atom. The van der Waals surface area contributed by atoms with Gasteiger partial charge in [-0.3, -0.25) is 4.57 Å². The lowest BCUT2D eigenvalue weighted by Crippen LogP contribution is -2.46. The van der Waals surface area contributed by atoms with Crippen molar-refractivity contribution >= 4 is 17.9 Å². The van der Waals surface area contributed by atoms with Crippen LogP contribution in [0.15, 0.2) is 36.4 Å². The third-order valence-corrected chi connectivity index (χ3v) is 8.80. The predicted octanol–water partition coefficient (Wildman–Crippen LogP) is 3.05. The summed E-state index contributed by atoms with van der Waals surface area (Å²) in [5.74, 6) is 0. The number of nitrogens with one attached hydrogen (secondary N) is 1. The van der Waals surface area contributed by atoms with Gasteiger partial charge in [0.2, 0.25) is 7.29 Å². The highest BCUT2D eigenvalue weighted by Crippen LogP contribution is 2.50. The van der Waals surface area contributed by atoms with Crippen LogP contribution in [0.1, 0.15) is 22.3 Å². The fourth-order valence-electron chi connectivity index (χ4n) is 3.90. The third-order valence-electron chi connectivity index (χ3n) is 4.98. The molecule has 3 nitrogen and oxygen atoms in total. The van der Waals surface area contributed by atoms with Crippen molar-refractivity contribution in [2.45, 2.75) is 27.7 Å². The van der Waals surface area contributed by atoms with Crippen molar-refractivity contribution in [1.82, 2.24) is 9.99 Å². The Bertz CT molecular complexity index is 698. The van der Waals surface area contributed by atoms with Gasteiger partial charge in [-0.15, -0.1) is 0 Å². The van der Waals surface area contributed by atoms with Crippen LogP contribution in [-0.4, -0.2) is 30.8 Å². The number of hydrogen-bond donors (Lipinski definition) is 1. The van der Waals surface area contributed by atoms with E-state index in [1.54, 1.807) is 0 Å². The quantitative estimate of drug-likeness (QED) is 0.870. The van der Waals surface area contributed by atoms with E-state index in [-0.39, 0.29) is 0 Å². The molecule has 128 valence electrons. The summed E-state index contributed by atoms with van der Waals surface area (Å²) in [4.78, 5) is 0. The second-order valence-electron chi connectivity index (χ2n) is 6.76.